The molecule has 45 heavy (non-hydrogen) atoms. The molecular weight excluding hydrogens is 600 g/mol. The maximum absolute atomic E-state index is 16.0. The SMILES string of the molecule is CC(C)[C@H]1CN(C)CCN1Cc1cc(C(F)(F)F)c2cn(-c3cccc(C4([C@@H](F)c5nncn5C)CC(F)(F)C4)c3)c(=O)n2c1. The molecule has 2 atom stereocenters. The Kier molecular flexibility index (Phi) is 7.66. The largest absolute Gasteiger partial charge is 0.418 e. The van der Waals surface area contributed by atoms with Crippen molar-refractivity contribution in [2.24, 2.45) is 13.0 Å². The first-order valence-corrected chi connectivity index (χ1v) is 14.8. The number of alkyl halides is 6. The lowest BCUT2D eigenvalue weighted by Crippen LogP contribution is -2.53. The molecular formula is C31H35F6N7O. The number of aryl methyl sites for hydroxylation is 1. The van der Waals surface area contributed by atoms with Crippen LogP contribution in [0.15, 0.2) is 53.8 Å². The van der Waals surface area contributed by atoms with Gasteiger partial charge in [0.1, 0.15) is 6.33 Å². The third kappa shape index (κ3) is 5.56. The van der Waals surface area contributed by atoms with Crippen LogP contribution in [-0.2, 0) is 25.2 Å². The Morgan fingerprint density at radius 1 is 1.07 bits per heavy atom. The van der Waals surface area contributed by atoms with Crippen LogP contribution in [0.5, 0.6) is 0 Å². The first-order valence-electron chi connectivity index (χ1n) is 14.8. The normalized spacial score (nSPS) is 21.4. The summed E-state index contributed by atoms with van der Waals surface area (Å²) in [6.07, 6.45) is -4.48. The van der Waals surface area contributed by atoms with Gasteiger partial charge < -0.3 is 9.47 Å². The minimum absolute atomic E-state index is 0.120. The van der Waals surface area contributed by atoms with E-state index in [1.807, 2.05) is 7.05 Å². The zero-order valence-corrected chi connectivity index (χ0v) is 25.4. The number of fused-ring (bicyclic) bond motifs is 1. The zero-order valence-electron chi connectivity index (χ0n) is 25.4. The molecule has 2 fully saturated rings. The smallest absolute Gasteiger partial charge is 0.318 e. The highest BCUT2D eigenvalue weighted by Gasteiger charge is 2.62. The van der Waals surface area contributed by atoms with Gasteiger partial charge in [0.2, 0.25) is 5.92 Å². The third-order valence-corrected chi connectivity index (χ3v) is 9.33. The summed E-state index contributed by atoms with van der Waals surface area (Å²) in [5.41, 5.74) is -3.05. The Hall–Kier alpha value is -3.65. The molecule has 0 amide bonds. The quantitative estimate of drug-likeness (QED) is 0.255. The number of pyridine rings is 1. The zero-order chi connectivity index (χ0) is 32.5. The van der Waals surface area contributed by atoms with Crippen molar-refractivity contribution in [1.29, 1.82) is 0 Å². The van der Waals surface area contributed by atoms with Crippen molar-refractivity contribution < 1.29 is 26.3 Å². The molecule has 1 aromatic carbocycles. The third-order valence-electron chi connectivity index (χ3n) is 9.33. The predicted molar refractivity (Wildman–Crippen MR) is 155 cm³/mol. The van der Waals surface area contributed by atoms with Gasteiger partial charge in [0.05, 0.1) is 16.8 Å². The fourth-order valence-corrected chi connectivity index (χ4v) is 6.93. The molecule has 4 aromatic rings. The van der Waals surface area contributed by atoms with Crippen LogP contribution in [0.2, 0.25) is 0 Å². The summed E-state index contributed by atoms with van der Waals surface area (Å²) >= 11 is 0. The van der Waals surface area contributed by atoms with E-state index in [4.69, 9.17) is 0 Å². The van der Waals surface area contributed by atoms with Gasteiger partial charge in [-0.2, -0.15) is 13.2 Å². The maximum Gasteiger partial charge on any atom is 0.418 e. The minimum Gasteiger partial charge on any atom is -0.318 e. The number of hydrogen-bond donors (Lipinski definition) is 0. The molecule has 1 aliphatic heterocycles. The van der Waals surface area contributed by atoms with Gasteiger partial charge >= 0.3 is 11.9 Å². The number of rotatable bonds is 7. The lowest BCUT2D eigenvalue weighted by atomic mass is 9.59. The molecule has 14 heteroatoms. The number of piperazine rings is 1. The maximum atomic E-state index is 16.0. The van der Waals surface area contributed by atoms with Crippen molar-refractivity contribution in [3.05, 3.63) is 82.1 Å². The summed E-state index contributed by atoms with van der Waals surface area (Å²) in [6, 6.07) is 7.07. The van der Waals surface area contributed by atoms with Crippen LogP contribution < -0.4 is 5.69 Å². The molecule has 0 unspecified atom stereocenters. The molecule has 8 nitrogen and oxygen atoms in total. The lowest BCUT2D eigenvalue weighted by Gasteiger charge is -2.49. The molecule has 1 saturated heterocycles. The molecule has 0 radical (unpaired) electrons. The summed E-state index contributed by atoms with van der Waals surface area (Å²) in [7, 11) is 3.52. The van der Waals surface area contributed by atoms with E-state index in [-0.39, 0.29) is 41.1 Å². The monoisotopic (exact) mass is 635 g/mol. The second-order valence-corrected chi connectivity index (χ2v) is 12.9. The van der Waals surface area contributed by atoms with E-state index in [9.17, 15) is 26.7 Å². The average Bonchev–Trinajstić information content (AvgIpc) is 3.53. The standard InChI is InChI=1S/C31H35F6N7O/c1-19(2)24-14-40(3)8-9-42(24)12-20-10-23(31(35,36)37)25-15-43(28(45)44(25)13-20)22-7-5-6-21(11-22)29(16-30(33,34)17-29)26(32)27-39-38-18-41(27)4/h5-7,10-11,13,15,18-19,24,26H,8-9,12,14,16-17H2,1-4H3/t24-,26+/m1/s1. The second kappa shape index (κ2) is 11.0. The molecule has 2 aliphatic rings. The van der Waals surface area contributed by atoms with Crippen LogP contribution >= 0.6 is 0 Å². The van der Waals surface area contributed by atoms with Crippen LogP contribution in [0.3, 0.4) is 0 Å². The summed E-state index contributed by atoms with van der Waals surface area (Å²) < 4.78 is 91.2. The number of halogens is 6. The van der Waals surface area contributed by atoms with Crippen LogP contribution in [0.4, 0.5) is 26.3 Å². The molecule has 6 rings (SSSR count). The molecule has 1 saturated carbocycles. The highest BCUT2D eigenvalue weighted by Crippen LogP contribution is 2.60. The summed E-state index contributed by atoms with van der Waals surface area (Å²) in [5, 5.41) is 7.46. The second-order valence-electron chi connectivity index (χ2n) is 12.9. The number of benzene rings is 1. The highest BCUT2D eigenvalue weighted by atomic mass is 19.4. The van der Waals surface area contributed by atoms with Crippen molar-refractivity contribution in [2.75, 3.05) is 26.7 Å². The molecule has 0 N–H and O–H groups in total. The number of likely N-dealkylation sites (N-methyl/N-ethyl adjacent to an activating group) is 1. The molecule has 3 aromatic heterocycles. The van der Waals surface area contributed by atoms with Gasteiger partial charge in [-0.15, -0.1) is 10.2 Å². The van der Waals surface area contributed by atoms with Crippen LogP contribution in [0.25, 0.3) is 11.2 Å². The van der Waals surface area contributed by atoms with Gasteiger partial charge in [0, 0.05) is 69.9 Å². The van der Waals surface area contributed by atoms with Gasteiger partial charge in [-0.1, -0.05) is 26.0 Å². The van der Waals surface area contributed by atoms with E-state index < -0.39 is 47.8 Å². The van der Waals surface area contributed by atoms with Crippen molar-refractivity contribution in [2.45, 2.75) is 63.0 Å². The minimum atomic E-state index is -4.75. The van der Waals surface area contributed by atoms with Crippen LogP contribution in [0.1, 0.15) is 55.4 Å². The van der Waals surface area contributed by atoms with Gasteiger partial charge in [-0.05, 0) is 42.3 Å². The van der Waals surface area contributed by atoms with Crippen molar-refractivity contribution in [3.8, 4) is 5.69 Å². The highest BCUT2D eigenvalue weighted by molar-refractivity contribution is 5.58. The number of hydrogen-bond acceptors (Lipinski definition) is 5. The van der Waals surface area contributed by atoms with E-state index in [1.165, 1.54) is 48.4 Å². The van der Waals surface area contributed by atoms with E-state index in [1.54, 1.807) is 0 Å². The number of nitrogens with zero attached hydrogens (tertiary/aromatic N) is 7. The Balaban J connectivity index is 1.42. The fraction of sp³-hybridized carbons (Fsp3) is 0.516. The Morgan fingerprint density at radius 2 is 1.80 bits per heavy atom. The van der Waals surface area contributed by atoms with Gasteiger partial charge in [0.15, 0.2) is 12.0 Å². The van der Waals surface area contributed by atoms with Crippen LogP contribution in [-0.4, -0.2) is 72.2 Å². The summed E-state index contributed by atoms with van der Waals surface area (Å²) in [4.78, 5) is 18.0. The van der Waals surface area contributed by atoms with Crippen molar-refractivity contribution in [3.63, 3.8) is 0 Å². The predicted octanol–water partition coefficient (Wildman–Crippen LogP) is 5.39. The number of aromatic nitrogens is 5. The number of imidazole rings is 1. The molecule has 242 valence electrons. The van der Waals surface area contributed by atoms with E-state index in [0.717, 1.165) is 34.3 Å². The average molecular weight is 636 g/mol. The first-order chi connectivity index (χ1) is 21.1. The first kappa shape index (κ1) is 31.3. The molecule has 0 bridgehead atoms. The Labute approximate surface area is 255 Å². The van der Waals surface area contributed by atoms with Crippen LogP contribution in [0, 0.1) is 5.92 Å². The lowest BCUT2D eigenvalue weighted by molar-refractivity contribution is -0.151. The van der Waals surface area contributed by atoms with E-state index in [0.29, 0.717) is 12.1 Å². The van der Waals surface area contributed by atoms with E-state index >= 15 is 4.39 Å². The molecule has 1 aliphatic carbocycles. The molecule has 4 heterocycles. The summed E-state index contributed by atoms with van der Waals surface area (Å²) in [6.45, 7) is 6.61. The molecule has 0 spiro atoms. The van der Waals surface area contributed by atoms with Gasteiger partial charge in [-0.3, -0.25) is 13.9 Å². The Bertz CT molecular complexity index is 1770. The van der Waals surface area contributed by atoms with Crippen molar-refractivity contribution in [1.82, 2.24) is 33.5 Å². The van der Waals surface area contributed by atoms with E-state index in [2.05, 4.69) is 33.8 Å². The van der Waals surface area contributed by atoms with Gasteiger partial charge in [0.25, 0.3) is 0 Å². The van der Waals surface area contributed by atoms with Gasteiger partial charge in [-0.25, -0.2) is 18.0 Å². The Morgan fingerprint density at radius 3 is 2.42 bits per heavy atom. The fourth-order valence-electron chi connectivity index (χ4n) is 6.93. The topological polar surface area (TPSA) is 63.6 Å². The van der Waals surface area contributed by atoms with Crippen molar-refractivity contribution >= 4 is 5.52 Å². The summed E-state index contributed by atoms with van der Waals surface area (Å²) in [5.74, 6) is -2.96.